The number of fused-ring (bicyclic) bond motifs is 1. The molecule has 0 radical (unpaired) electrons. The van der Waals surface area contributed by atoms with Crippen molar-refractivity contribution in [3.05, 3.63) is 58.3 Å². The van der Waals surface area contributed by atoms with E-state index in [-0.39, 0.29) is 12.2 Å². The minimum Gasteiger partial charge on any atom is -0.485 e. The molecule has 0 aromatic heterocycles. The lowest BCUT2D eigenvalue weighted by molar-refractivity contribution is -0.130. The highest BCUT2D eigenvalue weighted by molar-refractivity contribution is 9.10. The first-order valence-electron chi connectivity index (χ1n) is 6.80. The van der Waals surface area contributed by atoms with Crippen molar-refractivity contribution < 1.29 is 18.7 Å². The molecule has 0 fully saturated rings. The van der Waals surface area contributed by atoms with Gasteiger partial charge in [-0.15, -0.1) is 0 Å². The number of carbonyl (C=O) groups is 1. The number of carbonyl (C=O) groups excluding carboxylic acids is 1. The average molecular weight is 379 g/mol. The predicted octanol–water partition coefficient (Wildman–Crippen LogP) is 2.88. The molecule has 0 aliphatic carbocycles. The van der Waals surface area contributed by atoms with Crippen LogP contribution in [0.3, 0.4) is 0 Å². The number of nitrogens with zero attached hydrogens (tertiary/aromatic N) is 1. The van der Waals surface area contributed by atoms with Gasteiger partial charge in [0.1, 0.15) is 12.4 Å². The number of halogens is 2. The third kappa shape index (κ3) is 3.68. The van der Waals surface area contributed by atoms with Crippen molar-refractivity contribution in [2.24, 2.45) is 5.10 Å². The lowest BCUT2D eigenvalue weighted by Gasteiger charge is -2.24. The van der Waals surface area contributed by atoms with Gasteiger partial charge in [-0.3, -0.25) is 4.79 Å². The highest BCUT2D eigenvalue weighted by Gasteiger charge is 2.26. The van der Waals surface area contributed by atoms with E-state index in [1.165, 1.54) is 12.3 Å². The van der Waals surface area contributed by atoms with Gasteiger partial charge in [-0.05, 0) is 30.3 Å². The van der Waals surface area contributed by atoms with Gasteiger partial charge < -0.3 is 9.47 Å². The smallest absolute Gasteiger partial charge is 0.284 e. The number of rotatable bonds is 3. The van der Waals surface area contributed by atoms with Crippen LogP contribution in [-0.2, 0) is 4.79 Å². The van der Waals surface area contributed by atoms with E-state index in [9.17, 15) is 9.18 Å². The Morgan fingerprint density at radius 3 is 2.91 bits per heavy atom. The lowest BCUT2D eigenvalue weighted by Crippen LogP contribution is -2.42. The Morgan fingerprint density at radius 2 is 2.09 bits per heavy atom. The van der Waals surface area contributed by atoms with Crippen LogP contribution in [0, 0.1) is 5.82 Å². The van der Waals surface area contributed by atoms with Gasteiger partial charge in [-0.1, -0.05) is 28.1 Å². The fraction of sp³-hybridized carbons (Fsp3) is 0.125. The first-order valence-corrected chi connectivity index (χ1v) is 7.59. The van der Waals surface area contributed by atoms with Crippen molar-refractivity contribution in [2.45, 2.75) is 6.10 Å². The van der Waals surface area contributed by atoms with E-state index in [0.717, 1.165) is 0 Å². The van der Waals surface area contributed by atoms with Gasteiger partial charge in [0.2, 0.25) is 6.10 Å². The quantitative estimate of drug-likeness (QED) is 0.659. The topological polar surface area (TPSA) is 59.9 Å². The molecular weight excluding hydrogens is 367 g/mol. The zero-order chi connectivity index (χ0) is 16.2. The maximum Gasteiger partial charge on any atom is 0.284 e. The highest BCUT2D eigenvalue weighted by Crippen LogP contribution is 2.30. The molecule has 5 nitrogen and oxygen atoms in total. The summed E-state index contributed by atoms with van der Waals surface area (Å²) in [6.45, 7) is 0.0869. The Labute approximate surface area is 140 Å². The van der Waals surface area contributed by atoms with E-state index in [4.69, 9.17) is 9.47 Å². The SMILES string of the molecule is O=C(N/N=C\c1cc(Br)ccc1F)[C@H]1COc2ccccc2O1. The molecule has 0 bridgehead atoms. The second-order valence-electron chi connectivity index (χ2n) is 4.76. The summed E-state index contributed by atoms with van der Waals surface area (Å²) < 4.78 is 25.3. The summed E-state index contributed by atoms with van der Waals surface area (Å²) in [5, 5.41) is 3.75. The summed E-state index contributed by atoms with van der Waals surface area (Å²) in [5.74, 6) is 0.195. The fourth-order valence-corrected chi connectivity index (χ4v) is 2.38. The van der Waals surface area contributed by atoms with Gasteiger partial charge in [0.15, 0.2) is 11.5 Å². The van der Waals surface area contributed by atoms with Gasteiger partial charge in [-0.25, -0.2) is 9.82 Å². The summed E-state index contributed by atoms with van der Waals surface area (Å²) in [7, 11) is 0. The van der Waals surface area contributed by atoms with E-state index >= 15 is 0 Å². The van der Waals surface area contributed by atoms with Gasteiger partial charge >= 0.3 is 0 Å². The number of hydrazone groups is 1. The summed E-state index contributed by atoms with van der Waals surface area (Å²) >= 11 is 3.24. The zero-order valence-electron chi connectivity index (χ0n) is 11.8. The van der Waals surface area contributed by atoms with Crippen molar-refractivity contribution in [2.75, 3.05) is 6.61 Å². The van der Waals surface area contributed by atoms with E-state index in [1.807, 2.05) is 6.07 Å². The summed E-state index contributed by atoms with van der Waals surface area (Å²) in [6.07, 6.45) is 0.421. The van der Waals surface area contributed by atoms with Crippen LogP contribution < -0.4 is 14.9 Å². The molecule has 0 unspecified atom stereocenters. The largest absolute Gasteiger partial charge is 0.485 e. The zero-order valence-corrected chi connectivity index (χ0v) is 13.4. The van der Waals surface area contributed by atoms with Crippen LogP contribution in [0.25, 0.3) is 0 Å². The number of para-hydroxylation sites is 2. The number of nitrogens with one attached hydrogen (secondary N) is 1. The third-order valence-electron chi connectivity index (χ3n) is 3.14. The predicted molar refractivity (Wildman–Crippen MR) is 86.2 cm³/mol. The minimum absolute atomic E-state index is 0.0869. The molecule has 0 spiro atoms. The first-order chi connectivity index (χ1) is 11.1. The number of hydrogen-bond acceptors (Lipinski definition) is 4. The van der Waals surface area contributed by atoms with E-state index in [1.54, 1.807) is 30.3 Å². The summed E-state index contributed by atoms with van der Waals surface area (Å²) in [5.41, 5.74) is 2.58. The van der Waals surface area contributed by atoms with Crippen LogP contribution in [-0.4, -0.2) is 24.8 Å². The first kappa shape index (κ1) is 15.5. The summed E-state index contributed by atoms with van der Waals surface area (Å²) in [4.78, 5) is 12.0. The Hall–Kier alpha value is -2.41. The Morgan fingerprint density at radius 1 is 1.30 bits per heavy atom. The standard InChI is InChI=1S/C16H12BrFN2O3/c17-11-5-6-12(18)10(7-11)8-19-20-16(21)15-9-22-13-3-1-2-4-14(13)23-15/h1-8,15H,9H2,(H,20,21)/b19-8-/t15-/m1/s1. The van der Waals surface area contributed by atoms with Gasteiger partial charge in [0, 0.05) is 10.0 Å². The molecule has 0 saturated heterocycles. The molecule has 1 N–H and O–H groups in total. The normalized spacial score (nSPS) is 16.3. The molecular formula is C16H12BrFN2O3. The van der Waals surface area contributed by atoms with Gasteiger partial charge in [0.25, 0.3) is 5.91 Å². The number of amides is 1. The third-order valence-corrected chi connectivity index (χ3v) is 3.63. The molecule has 1 amide bonds. The molecule has 1 aliphatic heterocycles. The van der Waals surface area contributed by atoms with Crippen molar-refractivity contribution in [1.29, 1.82) is 0 Å². The fourth-order valence-electron chi connectivity index (χ4n) is 2.00. The summed E-state index contributed by atoms with van der Waals surface area (Å²) in [6, 6.07) is 11.5. The second kappa shape index (κ2) is 6.78. The minimum atomic E-state index is -0.811. The molecule has 23 heavy (non-hydrogen) atoms. The van der Waals surface area contributed by atoms with Gasteiger partial charge in [0.05, 0.1) is 6.21 Å². The Balaban J connectivity index is 1.62. The molecule has 0 saturated carbocycles. The van der Waals surface area contributed by atoms with Crippen LogP contribution in [0.1, 0.15) is 5.56 Å². The lowest BCUT2D eigenvalue weighted by atomic mass is 10.2. The van der Waals surface area contributed by atoms with Crippen molar-refractivity contribution >= 4 is 28.1 Å². The Kier molecular flexibility index (Phi) is 4.57. The van der Waals surface area contributed by atoms with E-state index in [0.29, 0.717) is 16.0 Å². The molecule has 7 heteroatoms. The van der Waals surface area contributed by atoms with Crippen LogP contribution in [0.15, 0.2) is 52.0 Å². The number of benzene rings is 2. The van der Waals surface area contributed by atoms with Crippen LogP contribution in [0.4, 0.5) is 4.39 Å². The highest BCUT2D eigenvalue weighted by atomic mass is 79.9. The number of ether oxygens (including phenoxy) is 2. The maximum absolute atomic E-state index is 13.5. The van der Waals surface area contributed by atoms with Crippen molar-refractivity contribution in [3.8, 4) is 11.5 Å². The monoisotopic (exact) mass is 378 g/mol. The van der Waals surface area contributed by atoms with Crippen LogP contribution in [0.2, 0.25) is 0 Å². The Bertz CT molecular complexity index is 767. The van der Waals surface area contributed by atoms with E-state index < -0.39 is 17.8 Å². The van der Waals surface area contributed by atoms with E-state index in [2.05, 4.69) is 26.5 Å². The molecule has 3 rings (SSSR count). The van der Waals surface area contributed by atoms with Crippen molar-refractivity contribution in [1.82, 2.24) is 5.43 Å². The van der Waals surface area contributed by atoms with Crippen molar-refractivity contribution in [3.63, 3.8) is 0 Å². The van der Waals surface area contributed by atoms with Crippen LogP contribution in [0.5, 0.6) is 11.5 Å². The molecule has 2 aromatic carbocycles. The molecule has 1 atom stereocenters. The number of hydrogen-bond donors (Lipinski definition) is 1. The molecule has 1 aliphatic rings. The average Bonchev–Trinajstić information content (AvgIpc) is 2.57. The second-order valence-corrected chi connectivity index (χ2v) is 5.68. The van der Waals surface area contributed by atoms with Crippen LogP contribution >= 0.6 is 15.9 Å². The molecule has 1 heterocycles. The van der Waals surface area contributed by atoms with Gasteiger partial charge in [-0.2, -0.15) is 5.10 Å². The maximum atomic E-state index is 13.5. The molecule has 118 valence electrons. The molecule has 2 aromatic rings.